The van der Waals surface area contributed by atoms with Crippen molar-refractivity contribution in [1.82, 2.24) is 14.8 Å². The van der Waals surface area contributed by atoms with E-state index < -0.39 is 0 Å². The van der Waals surface area contributed by atoms with Crippen molar-refractivity contribution < 1.29 is 0 Å². The summed E-state index contributed by atoms with van der Waals surface area (Å²) in [4.78, 5) is 4.69. The molecule has 0 amide bonds. The lowest BCUT2D eigenvalue weighted by Crippen LogP contribution is -2.03. The average Bonchev–Trinajstić information content (AvgIpc) is 3.10. The van der Waals surface area contributed by atoms with Crippen molar-refractivity contribution in [1.29, 1.82) is 5.26 Å². The highest BCUT2D eigenvalue weighted by molar-refractivity contribution is 7.98. The second-order valence-electron chi connectivity index (χ2n) is 5.04. The Morgan fingerprint density at radius 3 is 2.75 bits per heavy atom. The van der Waals surface area contributed by atoms with Crippen molar-refractivity contribution in [3.8, 4) is 11.8 Å². The van der Waals surface area contributed by atoms with Gasteiger partial charge in [0.15, 0.2) is 0 Å². The van der Waals surface area contributed by atoms with Crippen LogP contribution in [0.2, 0.25) is 0 Å². The smallest absolute Gasteiger partial charge is 0.150 e. The summed E-state index contributed by atoms with van der Waals surface area (Å²) in [7, 11) is 0. The Balaban J connectivity index is 1.94. The topological polar surface area (TPSA) is 133 Å². The fourth-order valence-electron chi connectivity index (χ4n) is 2.25. The number of aromatic nitrogens is 3. The zero-order chi connectivity index (χ0) is 17.1. The molecule has 7 nitrogen and oxygen atoms in total. The number of rotatable bonds is 4. The van der Waals surface area contributed by atoms with E-state index in [2.05, 4.69) is 16.2 Å². The van der Waals surface area contributed by atoms with Crippen molar-refractivity contribution in [2.24, 2.45) is 0 Å². The van der Waals surface area contributed by atoms with E-state index in [1.807, 2.05) is 24.4 Å². The van der Waals surface area contributed by atoms with Crippen LogP contribution in [-0.4, -0.2) is 14.8 Å². The predicted molar refractivity (Wildman–Crippen MR) is 95.3 cm³/mol. The molecule has 0 unspecified atom stereocenters. The van der Waals surface area contributed by atoms with Gasteiger partial charge in [-0.3, -0.25) is 0 Å². The quantitative estimate of drug-likeness (QED) is 0.621. The van der Waals surface area contributed by atoms with Gasteiger partial charge in [0, 0.05) is 23.0 Å². The van der Waals surface area contributed by atoms with Gasteiger partial charge in [0.05, 0.1) is 23.0 Å². The SMILES string of the molecule is N#Cc1ccc(-n2cccn2)c(CSc2cc(N)nc(N)c2N)c1. The predicted octanol–water partition coefficient (Wildman–Crippen LogP) is 2.18. The fourth-order valence-corrected chi connectivity index (χ4v) is 3.26. The van der Waals surface area contributed by atoms with Crippen LogP contribution in [0, 0.1) is 11.3 Å². The molecule has 2 heterocycles. The van der Waals surface area contributed by atoms with Gasteiger partial charge in [-0.2, -0.15) is 10.4 Å². The molecule has 8 heteroatoms. The van der Waals surface area contributed by atoms with E-state index in [0.29, 0.717) is 22.8 Å². The first-order chi connectivity index (χ1) is 11.6. The Kier molecular flexibility index (Phi) is 4.26. The molecule has 0 radical (unpaired) electrons. The highest BCUT2D eigenvalue weighted by Crippen LogP contribution is 2.33. The maximum atomic E-state index is 9.15. The van der Waals surface area contributed by atoms with Gasteiger partial charge < -0.3 is 17.2 Å². The lowest BCUT2D eigenvalue weighted by Gasteiger charge is -2.12. The number of nitrogens with zero attached hydrogens (tertiary/aromatic N) is 4. The largest absolute Gasteiger partial charge is 0.395 e. The van der Waals surface area contributed by atoms with Crippen molar-refractivity contribution in [3.63, 3.8) is 0 Å². The molecule has 0 bridgehead atoms. The summed E-state index contributed by atoms with van der Waals surface area (Å²) in [5.74, 6) is 1.12. The molecule has 0 aliphatic heterocycles. The molecule has 120 valence electrons. The Morgan fingerprint density at radius 2 is 2.04 bits per heavy atom. The Hall–Kier alpha value is -3.18. The van der Waals surface area contributed by atoms with E-state index in [9.17, 15) is 0 Å². The van der Waals surface area contributed by atoms with Crippen LogP contribution >= 0.6 is 11.8 Å². The Labute approximate surface area is 143 Å². The summed E-state index contributed by atoms with van der Waals surface area (Å²) in [6.45, 7) is 0. The number of hydrogen-bond donors (Lipinski definition) is 3. The van der Waals surface area contributed by atoms with E-state index in [-0.39, 0.29) is 5.82 Å². The molecule has 24 heavy (non-hydrogen) atoms. The minimum absolute atomic E-state index is 0.218. The molecule has 0 spiro atoms. The zero-order valence-electron chi connectivity index (χ0n) is 12.7. The third-order valence-electron chi connectivity index (χ3n) is 3.41. The third-order valence-corrected chi connectivity index (χ3v) is 4.52. The van der Waals surface area contributed by atoms with Crippen LogP contribution < -0.4 is 17.2 Å². The molecule has 0 fully saturated rings. The summed E-state index contributed by atoms with van der Waals surface area (Å²) in [6.07, 6.45) is 3.56. The lowest BCUT2D eigenvalue weighted by atomic mass is 10.1. The van der Waals surface area contributed by atoms with Crippen LogP contribution in [0.3, 0.4) is 0 Å². The standard InChI is InChI=1S/C16H15N7S/c17-8-10-2-3-12(23-5-1-4-21-23)11(6-10)9-24-13-7-14(18)22-16(20)15(13)19/h1-7H,9,19H2,(H4,18,20,22). The van der Waals surface area contributed by atoms with E-state index in [1.54, 1.807) is 23.0 Å². The van der Waals surface area contributed by atoms with Crippen LogP contribution in [-0.2, 0) is 5.75 Å². The van der Waals surface area contributed by atoms with Gasteiger partial charge in [0.2, 0.25) is 0 Å². The minimum Gasteiger partial charge on any atom is -0.395 e. The van der Waals surface area contributed by atoms with Gasteiger partial charge in [-0.05, 0) is 35.9 Å². The van der Waals surface area contributed by atoms with Crippen LogP contribution in [0.1, 0.15) is 11.1 Å². The third kappa shape index (κ3) is 3.11. The van der Waals surface area contributed by atoms with E-state index >= 15 is 0 Å². The number of thioether (sulfide) groups is 1. The van der Waals surface area contributed by atoms with Crippen molar-refractivity contribution in [2.45, 2.75) is 10.6 Å². The molecular formula is C16H15N7S. The van der Waals surface area contributed by atoms with Crippen molar-refractivity contribution in [2.75, 3.05) is 17.2 Å². The Morgan fingerprint density at radius 1 is 1.21 bits per heavy atom. The monoisotopic (exact) mass is 337 g/mol. The Bertz CT molecular complexity index is 913. The summed E-state index contributed by atoms with van der Waals surface area (Å²) in [6, 6.07) is 11.2. The number of pyridine rings is 1. The van der Waals surface area contributed by atoms with Gasteiger partial charge in [0.25, 0.3) is 0 Å². The van der Waals surface area contributed by atoms with Crippen LogP contribution in [0.15, 0.2) is 47.6 Å². The first-order valence-electron chi connectivity index (χ1n) is 7.06. The molecule has 0 aliphatic rings. The number of nitrogen functional groups attached to an aromatic ring is 3. The highest BCUT2D eigenvalue weighted by atomic mass is 32.2. The zero-order valence-corrected chi connectivity index (χ0v) is 13.5. The first-order valence-corrected chi connectivity index (χ1v) is 8.04. The van der Waals surface area contributed by atoms with Gasteiger partial charge in [0.1, 0.15) is 11.6 Å². The summed E-state index contributed by atoms with van der Waals surface area (Å²) in [5, 5.41) is 13.4. The molecule has 0 atom stereocenters. The van der Waals surface area contributed by atoms with Gasteiger partial charge in [-0.15, -0.1) is 11.8 Å². The number of anilines is 3. The number of hydrogen-bond acceptors (Lipinski definition) is 7. The maximum Gasteiger partial charge on any atom is 0.150 e. The van der Waals surface area contributed by atoms with Crippen LogP contribution in [0.5, 0.6) is 0 Å². The van der Waals surface area contributed by atoms with E-state index in [1.165, 1.54) is 11.8 Å². The number of nitriles is 1. The first kappa shape index (κ1) is 15.7. The normalized spacial score (nSPS) is 10.5. The fraction of sp³-hybridized carbons (Fsp3) is 0.0625. The molecule has 1 aromatic carbocycles. The summed E-state index contributed by atoms with van der Waals surface area (Å²) < 4.78 is 1.76. The molecule has 0 saturated carbocycles. The number of benzene rings is 1. The summed E-state index contributed by atoms with van der Waals surface area (Å²) in [5.41, 5.74) is 20.3. The summed E-state index contributed by atoms with van der Waals surface area (Å²) >= 11 is 1.48. The number of nitrogens with two attached hydrogens (primary N) is 3. The van der Waals surface area contributed by atoms with Crippen molar-refractivity contribution >= 4 is 29.1 Å². The van der Waals surface area contributed by atoms with Gasteiger partial charge in [-0.25, -0.2) is 9.67 Å². The van der Waals surface area contributed by atoms with Crippen LogP contribution in [0.25, 0.3) is 5.69 Å². The molecule has 2 aromatic heterocycles. The second-order valence-corrected chi connectivity index (χ2v) is 6.06. The highest BCUT2D eigenvalue weighted by Gasteiger charge is 2.11. The molecule has 0 aliphatic carbocycles. The molecule has 3 rings (SSSR count). The maximum absolute atomic E-state index is 9.15. The molecule has 3 aromatic rings. The minimum atomic E-state index is 0.218. The molecule has 0 saturated heterocycles. The lowest BCUT2D eigenvalue weighted by molar-refractivity contribution is 0.871. The van der Waals surface area contributed by atoms with E-state index in [0.717, 1.165) is 16.1 Å². The average molecular weight is 337 g/mol. The van der Waals surface area contributed by atoms with Crippen molar-refractivity contribution in [3.05, 3.63) is 53.9 Å². The van der Waals surface area contributed by atoms with Gasteiger partial charge >= 0.3 is 0 Å². The second kappa shape index (κ2) is 6.52. The van der Waals surface area contributed by atoms with E-state index in [4.69, 9.17) is 22.5 Å². The van der Waals surface area contributed by atoms with Crippen LogP contribution in [0.4, 0.5) is 17.3 Å². The van der Waals surface area contributed by atoms with Gasteiger partial charge in [-0.1, -0.05) is 0 Å². The molecule has 6 N–H and O–H groups in total. The molecular weight excluding hydrogens is 322 g/mol.